The van der Waals surface area contributed by atoms with E-state index >= 15 is 0 Å². The first-order chi connectivity index (χ1) is 17.8. The van der Waals surface area contributed by atoms with E-state index in [0.717, 1.165) is 43.1 Å². The van der Waals surface area contributed by atoms with Crippen molar-refractivity contribution >= 4 is 28.9 Å². The molecule has 1 aliphatic heterocycles. The number of para-hydroxylation sites is 1. The molecule has 9 heteroatoms. The van der Waals surface area contributed by atoms with Gasteiger partial charge in [-0.15, -0.1) is 0 Å². The maximum Gasteiger partial charge on any atom is 0.337 e. The van der Waals surface area contributed by atoms with Gasteiger partial charge in [-0.2, -0.15) is 0 Å². The van der Waals surface area contributed by atoms with Crippen LogP contribution >= 0.6 is 0 Å². The monoisotopic (exact) mass is 498 g/mol. The number of aryl methyl sites for hydroxylation is 1. The Morgan fingerprint density at radius 1 is 1.03 bits per heavy atom. The van der Waals surface area contributed by atoms with Crippen molar-refractivity contribution in [2.75, 3.05) is 41.3 Å². The highest BCUT2D eigenvalue weighted by Gasteiger charge is 2.24. The smallest absolute Gasteiger partial charge is 0.337 e. The quantitative estimate of drug-likeness (QED) is 0.413. The largest absolute Gasteiger partial charge is 0.478 e. The molecule has 0 unspecified atom stereocenters. The highest BCUT2D eigenvalue weighted by Crippen LogP contribution is 2.27. The van der Waals surface area contributed by atoms with Crippen LogP contribution in [0.5, 0.6) is 0 Å². The first-order valence-electron chi connectivity index (χ1n) is 12.4. The van der Waals surface area contributed by atoms with E-state index in [2.05, 4.69) is 20.1 Å². The minimum atomic E-state index is -0.999. The van der Waals surface area contributed by atoms with Gasteiger partial charge in [0.15, 0.2) is 0 Å². The molecule has 4 aromatic rings. The first-order valence-corrected chi connectivity index (χ1v) is 12.4. The van der Waals surface area contributed by atoms with Crippen LogP contribution in [0.3, 0.4) is 0 Å². The number of fused-ring (bicyclic) bond motifs is 1. The van der Waals surface area contributed by atoms with Gasteiger partial charge in [0, 0.05) is 49.8 Å². The molecule has 4 heterocycles. The number of carboxylic acids is 1. The van der Waals surface area contributed by atoms with E-state index in [1.165, 1.54) is 0 Å². The summed E-state index contributed by atoms with van der Waals surface area (Å²) in [6, 6.07) is 14.4. The van der Waals surface area contributed by atoms with Gasteiger partial charge in [-0.05, 0) is 56.7 Å². The summed E-state index contributed by atoms with van der Waals surface area (Å²) in [7, 11) is 0. The fourth-order valence-corrected chi connectivity index (χ4v) is 4.91. The molecule has 3 aromatic heterocycles. The molecule has 0 amide bonds. The highest BCUT2D eigenvalue weighted by atomic mass is 16.4. The number of hydrogen-bond donors (Lipinski definition) is 2. The van der Waals surface area contributed by atoms with Crippen LogP contribution < -0.4 is 20.7 Å². The number of pyridine rings is 2. The molecule has 0 radical (unpaired) electrons. The second-order valence-corrected chi connectivity index (χ2v) is 9.41. The number of nitrogens with one attached hydrogen (secondary N) is 1. The molecular formula is C28H30N6O3. The van der Waals surface area contributed by atoms with Crippen molar-refractivity contribution < 1.29 is 9.90 Å². The highest BCUT2D eigenvalue weighted by molar-refractivity contribution is 5.94. The van der Waals surface area contributed by atoms with Crippen molar-refractivity contribution in [3.05, 3.63) is 93.5 Å². The topological polar surface area (TPSA) is 103 Å². The lowest BCUT2D eigenvalue weighted by Gasteiger charge is -2.36. The Morgan fingerprint density at radius 2 is 1.73 bits per heavy atom. The summed E-state index contributed by atoms with van der Waals surface area (Å²) < 4.78 is 1.61. The van der Waals surface area contributed by atoms with Crippen molar-refractivity contribution in [2.24, 2.45) is 0 Å². The Kier molecular flexibility index (Phi) is 6.52. The fourth-order valence-electron chi connectivity index (χ4n) is 4.91. The molecule has 1 saturated heterocycles. The molecule has 5 rings (SSSR count). The fraction of sp³-hybridized carbons (Fsp3) is 0.286. The van der Waals surface area contributed by atoms with Crippen LogP contribution in [0.1, 0.15) is 40.0 Å². The van der Waals surface area contributed by atoms with Gasteiger partial charge in [0.1, 0.15) is 17.3 Å². The van der Waals surface area contributed by atoms with Crippen molar-refractivity contribution in [1.82, 2.24) is 14.4 Å². The van der Waals surface area contributed by atoms with Crippen molar-refractivity contribution in [1.29, 1.82) is 0 Å². The number of piperazine rings is 1. The Balaban J connectivity index is 1.50. The van der Waals surface area contributed by atoms with Gasteiger partial charge in [0.25, 0.3) is 5.56 Å². The first kappa shape index (κ1) is 24.3. The van der Waals surface area contributed by atoms with Crippen LogP contribution in [-0.2, 0) is 0 Å². The zero-order valence-corrected chi connectivity index (χ0v) is 21.2. The van der Waals surface area contributed by atoms with Gasteiger partial charge in [-0.25, -0.2) is 14.8 Å². The van der Waals surface area contributed by atoms with E-state index < -0.39 is 5.97 Å². The standard InChI is InChI=1S/C28H30N6O3/c1-18-16-22(20(3)30-23-9-5-4-8-21(23)28(36)37)26-31-25(19(2)27(35)34(26)17-18)33-14-12-32(13-15-33)24-10-6-7-11-29-24/h4-11,16-17,20,30H,12-15H2,1-3H3,(H,36,37)/t20-/m1/s1. The SMILES string of the molecule is Cc1cc([C@@H](C)Nc2ccccc2C(=O)O)c2nc(N3CCN(c4ccccn4)CC3)c(C)c(=O)n2c1. The second kappa shape index (κ2) is 9.93. The van der Waals surface area contributed by atoms with Crippen LogP contribution in [-0.4, -0.2) is 51.6 Å². The summed E-state index contributed by atoms with van der Waals surface area (Å²) in [5.74, 6) is 0.639. The van der Waals surface area contributed by atoms with E-state index in [1.807, 2.05) is 51.2 Å². The van der Waals surface area contributed by atoms with Gasteiger partial charge < -0.3 is 20.2 Å². The summed E-state index contributed by atoms with van der Waals surface area (Å²) in [6.07, 6.45) is 3.60. The van der Waals surface area contributed by atoms with E-state index in [9.17, 15) is 14.7 Å². The van der Waals surface area contributed by atoms with Gasteiger partial charge in [-0.1, -0.05) is 18.2 Å². The molecule has 190 valence electrons. The minimum Gasteiger partial charge on any atom is -0.478 e. The Bertz CT molecular complexity index is 1510. The number of hydrogen-bond acceptors (Lipinski definition) is 7. The van der Waals surface area contributed by atoms with Gasteiger partial charge in [-0.3, -0.25) is 9.20 Å². The van der Waals surface area contributed by atoms with Crippen LogP contribution in [0, 0.1) is 13.8 Å². The van der Waals surface area contributed by atoms with Crippen LogP contribution in [0.25, 0.3) is 5.65 Å². The average molecular weight is 499 g/mol. The van der Waals surface area contributed by atoms with E-state index in [1.54, 1.807) is 34.9 Å². The van der Waals surface area contributed by atoms with E-state index in [0.29, 0.717) is 22.7 Å². The molecule has 1 atom stereocenters. The molecule has 0 bridgehead atoms. The third-order valence-electron chi connectivity index (χ3n) is 6.84. The molecule has 2 N–H and O–H groups in total. The predicted molar refractivity (Wildman–Crippen MR) is 145 cm³/mol. The summed E-state index contributed by atoms with van der Waals surface area (Å²) >= 11 is 0. The lowest BCUT2D eigenvalue weighted by atomic mass is 10.1. The van der Waals surface area contributed by atoms with Crippen molar-refractivity contribution in [3.8, 4) is 0 Å². The molecule has 0 aliphatic carbocycles. The molecule has 37 heavy (non-hydrogen) atoms. The number of carbonyl (C=O) groups is 1. The number of aromatic nitrogens is 3. The maximum absolute atomic E-state index is 13.5. The lowest BCUT2D eigenvalue weighted by molar-refractivity contribution is 0.0698. The third-order valence-corrected chi connectivity index (χ3v) is 6.84. The number of aromatic carboxylic acids is 1. The number of benzene rings is 1. The lowest BCUT2D eigenvalue weighted by Crippen LogP contribution is -2.47. The number of anilines is 3. The molecular weight excluding hydrogens is 468 g/mol. The third kappa shape index (κ3) is 4.72. The van der Waals surface area contributed by atoms with E-state index in [-0.39, 0.29) is 17.2 Å². The Hall–Kier alpha value is -4.40. The summed E-state index contributed by atoms with van der Waals surface area (Å²) in [6.45, 7) is 8.72. The van der Waals surface area contributed by atoms with Crippen LogP contribution in [0.2, 0.25) is 0 Å². The second-order valence-electron chi connectivity index (χ2n) is 9.41. The van der Waals surface area contributed by atoms with Gasteiger partial charge >= 0.3 is 5.97 Å². The molecule has 0 saturated carbocycles. The average Bonchev–Trinajstić information content (AvgIpc) is 2.91. The Morgan fingerprint density at radius 3 is 2.43 bits per heavy atom. The number of rotatable bonds is 6. The summed E-state index contributed by atoms with van der Waals surface area (Å²) in [4.78, 5) is 39.1. The van der Waals surface area contributed by atoms with Crippen molar-refractivity contribution in [3.63, 3.8) is 0 Å². The van der Waals surface area contributed by atoms with Crippen LogP contribution in [0.4, 0.5) is 17.3 Å². The molecule has 1 aliphatic rings. The minimum absolute atomic E-state index is 0.102. The van der Waals surface area contributed by atoms with Gasteiger partial charge in [0.05, 0.1) is 17.2 Å². The Labute approximate surface area is 215 Å². The predicted octanol–water partition coefficient (Wildman–Crippen LogP) is 3.90. The van der Waals surface area contributed by atoms with Gasteiger partial charge in [0.2, 0.25) is 0 Å². The maximum atomic E-state index is 13.5. The molecule has 1 aromatic carbocycles. The number of nitrogens with zero attached hydrogens (tertiary/aromatic N) is 5. The molecule has 9 nitrogen and oxygen atoms in total. The zero-order chi connectivity index (χ0) is 26.1. The van der Waals surface area contributed by atoms with Crippen LogP contribution in [0.15, 0.2) is 65.7 Å². The molecule has 1 fully saturated rings. The summed E-state index contributed by atoms with van der Waals surface area (Å²) in [5.41, 5.74) is 3.53. The normalized spacial score (nSPS) is 14.6. The zero-order valence-electron chi connectivity index (χ0n) is 21.2. The van der Waals surface area contributed by atoms with Crippen molar-refractivity contribution in [2.45, 2.75) is 26.8 Å². The number of carboxylic acid groups (broad SMARTS) is 1. The summed E-state index contributed by atoms with van der Waals surface area (Å²) in [5, 5.41) is 12.9. The molecule has 0 spiro atoms. The van der Waals surface area contributed by atoms with E-state index in [4.69, 9.17) is 4.98 Å².